The van der Waals surface area contributed by atoms with Gasteiger partial charge in [0.15, 0.2) is 0 Å². The largest absolute Gasteiger partial charge is 0.494 e. The zero-order valence-electron chi connectivity index (χ0n) is 17.3. The first kappa shape index (κ1) is 22.3. The molecule has 29 heavy (non-hydrogen) atoms. The van der Waals surface area contributed by atoms with Crippen LogP contribution < -0.4 is 20.7 Å². The Balaban J connectivity index is 1.76. The molecule has 2 aromatic rings. The minimum atomic E-state index is -0.165. The van der Waals surface area contributed by atoms with Gasteiger partial charge in [0.25, 0.3) is 5.91 Å². The summed E-state index contributed by atoms with van der Waals surface area (Å²) in [7, 11) is 0. The molecule has 0 aliphatic rings. The third-order valence-electron chi connectivity index (χ3n) is 4.32. The number of rotatable bonds is 12. The second-order valence-corrected chi connectivity index (χ2v) is 6.78. The smallest absolute Gasteiger partial charge is 0.251 e. The van der Waals surface area contributed by atoms with Gasteiger partial charge in [-0.1, -0.05) is 32.3 Å². The normalized spacial score (nSPS) is 10.3. The number of benzene rings is 2. The number of anilines is 2. The van der Waals surface area contributed by atoms with Crippen LogP contribution in [0.5, 0.6) is 5.75 Å². The summed E-state index contributed by atoms with van der Waals surface area (Å²) in [6, 6.07) is 14.4. The summed E-state index contributed by atoms with van der Waals surface area (Å²) in [5.41, 5.74) is 1.99. The molecule has 0 spiro atoms. The number of amides is 2. The van der Waals surface area contributed by atoms with E-state index in [2.05, 4.69) is 22.9 Å². The summed E-state index contributed by atoms with van der Waals surface area (Å²) in [5, 5.41) is 8.64. The van der Waals surface area contributed by atoms with E-state index in [1.165, 1.54) is 19.3 Å². The highest BCUT2D eigenvalue weighted by molar-refractivity contribution is 5.96. The third kappa shape index (κ3) is 8.25. The van der Waals surface area contributed by atoms with E-state index in [0.29, 0.717) is 24.4 Å². The quantitative estimate of drug-likeness (QED) is 0.463. The van der Waals surface area contributed by atoms with Crippen molar-refractivity contribution in [2.45, 2.75) is 39.5 Å². The van der Waals surface area contributed by atoms with E-state index in [4.69, 9.17) is 4.74 Å². The Morgan fingerprint density at radius 2 is 1.72 bits per heavy atom. The van der Waals surface area contributed by atoms with Gasteiger partial charge in [0.1, 0.15) is 5.75 Å². The maximum Gasteiger partial charge on any atom is 0.251 e. The summed E-state index contributed by atoms with van der Waals surface area (Å²) in [5.74, 6) is 0.509. The fraction of sp³-hybridized carbons (Fsp3) is 0.391. The summed E-state index contributed by atoms with van der Waals surface area (Å²) in [6.07, 6.45) is 4.69. The molecule has 3 N–H and O–H groups in total. The molecule has 0 bridgehead atoms. The molecule has 0 radical (unpaired) electrons. The van der Waals surface area contributed by atoms with Gasteiger partial charge >= 0.3 is 0 Å². The molecule has 0 fully saturated rings. The average Bonchev–Trinajstić information content (AvgIpc) is 2.74. The predicted molar refractivity (Wildman–Crippen MR) is 118 cm³/mol. The summed E-state index contributed by atoms with van der Waals surface area (Å²) < 4.78 is 5.71. The Kier molecular flexibility index (Phi) is 9.55. The van der Waals surface area contributed by atoms with E-state index in [1.807, 2.05) is 37.3 Å². The van der Waals surface area contributed by atoms with Crippen molar-refractivity contribution in [2.24, 2.45) is 0 Å². The molecular formula is C23H31N3O3. The van der Waals surface area contributed by atoms with Gasteiger partial charge in [0.05, 0.1) is 13.2 Å². The van der Waals surface area contributed by atoms with Crippen molar-refractivity contribution >= 4 is 23.2 Å². The van der Waals surface area contributed by atoms with Crippen LogP contribution in [0.15, 0.2) is 48.5 Å². The Bertz CT molecular complexity index is 775. The highest BCUT2D eigenvalue weighted by Crippen LogP contribution is 2.16. The van der Waals surface area contributed by atoms with E-state index >= 15 is 0 Å². The lowest BCUT2D eigenvalue weighted by atomic mass is 10.2. The molecule has 0 aromatic heterocycles. The summed E-state index contributed by atoms with van der Waals surface area (Å²) in [6.45, 7) is 5.45. The van der Waals surface area contributed by atoms with Gasteiger partial charge in [-0.3, -0.25) is 9.59 Å². The lowest BCUT2D eigenvalue weighted by Gasteiger charge is -2.10. The lowest BCUT2D eigenvalue weighted by molar-refractivity contribution is -0.114. The second-order valence-electron chi connectivity index (χ2n) is 6.78. The Labute approximate surface area is 173 Å². The third-order valence-corrected chi connectivity index (χ3v) is 4.32. The van der Waals surface area contributed by atoms with Gasteiger partial charge in [0, 0.05) is 23.5 Å². The molecule has 6 heteroatoms. The maximum atomic E-state index is 12.2. The number of hydrogen-bond acceptors (Lipinski definition) is 4. The molecule has 6 nitrogen and oxygen atoms in total. The molecule has 0 saturated heterocycles. The molecule has 2 rings (SSSR count). The standard InChI is InChI=1S/C23H31N3O3/c1-3-5-6-7-15-29-21-13-11-19(12-14-21)26-22(27)17-25-20-10-8-9-18(16-20)23(28)24-4-2/h8-14,16,25H,3-7,15,17H2,1-2H3,(H,24,28)(H,26,27). The predicted octanol–water partition coefficient (Wildman–Crippen LogP) is 4.45. The maximum absolute atomic E-state index is 12.2. The van der Waals surface area contributed by atoms with E-state index in [1.54, 1.807) is 18.2 Å². The van der Waals surface area contributed by atoms with Gasteiger partial charge in [-0.15, -0.1) is 0 Å². The van der Waals surface area contributed by atoms with E-state index < -0.39 is 0 Å². The Morgan fingerprint density at radius 1 is 0.931 bits per heavy atom. The van der Waals surface area contributed by atoms with Crippen molar-refractivity contribution in [2.75, 3.05) is 30.3 Å². The van der Waals surface area contributed by atoms with Crippen LogP contribution in [0.1, 0.15) is 49.9 Å². The highest BCUT2D eigenvalue weighted by Gasteiger charge is 2.06. The topological polar surface area (TPSA) is 79.5 Å². The molecule has 0 aliphatic heterocycles. The number of ether oxygens (including phenoxy) is 1. The monoisotopic (exact) mass is 397 g/mol. The van der Waals surface area contributed by atoms with Crippen molar-refractivity contribution < 1.29 is 14.3 Å². The van der Waals surface area contributed by atoms with Gasteiger partial charge < -0.3 is 20.7 Å². The minimum Gasteiger partial charge on any atom is -0.494 e. The van der Waals surface area contributed by atoms with Crippen LogP contribution in [0.25, 0.3) is 0 Å². The van der Waals surface area contributed by atoms with Crippen LogP contribution in [0.4, 0.5) is 11.4 Å². The fourth-order valence-corrected chi connectivity index (χ4v) is 2.77. The van der Waals surface area contributed by atoms with Crippen LogP contribution in [0, 0.1) is 0 Å². The molecule has 0 saturated carbocycles. The SMILES string of the molecule is CCCCCCOc1ccc(NC(=O)CNc2cccc(C(=O)NCC)c2)cc1. The van der Waals surface area contributed by atoms with Gasteiger partial charge in [-0.2, -0.15) is 0 Å². The number of nitrogens with one attached hydrogen (secondary N) is 3. The van der Waals surface area contributed by atoms with E-state index in [-0.39, 0.29) is 18.4 Å². The zero-order valence-corrected chi connectivity index (χ0v) is 17.3. The Morgan fingerprint density at radius 3 is 2.45 bits per heavy atom. The Hall–Kier alpha value is -3.02. The zero-order chi connectivity index (χ0) is 20.9. The van der Waals surface area contributed by atoms with E-state index in [9.17, 15) is 9.59 Å². The molecule has 156 valence electrons. The minimum absolute atomic E-state index is 0.106. The first-order chi connectivity index (χ1) is 14.1. The number of unbranched alkanes of at least 4 members (excludes halogenated alkanes) is 3. The molecule has 0 unspecified atom stereocenters. The van der Waals surface area contributed by atoms with Crippen LogP contribution in [0.2, 0.25) is 0 Å². The molecule has 0 atom stereocenters. The van der Waals surface area contributed by atoms with Crippen LogP contribution in [0.3, 0.4) is 0 Å². The summed E-state index contributed by atoms with van der Waals surface area (Å²) in [4.78, 5) is 24.1. The van der Waals surface area contributed by atoms with E-state index in [0.717, 1.165) is 17.9 Å². The van der Waals surface area contributed by atoms with Crippen molar-refractivity contribution in [1.29, 1.82) is 0 Å². The average molecular weight is 398 g/mol. The van der Waals surface area contributed by atoms with Gasteiger partial charge in [-0.25, -0.2) is 0 Å². The molecule has 2 aromatic carbocycles. The van der Waals surface area contributed by atoms with Gasteiger partial charge in [-0.05, 0) is 55.8 Å². The molecule has 0 aliphatic carbocycles. The first-order valence-corrected chi connectivity index (χ1v) is 10.3. The second kappa shape index (κ2) is 12.4. The highest BCUT2D eigenvalue weighted by atomic mass is 16.5. The van der Waals surface area contributed by atoms with Crippen LogP contribution in [-0.4, -0.2) is 31.5 Å². The van der Waals surface area contributed by atoms with Crippen LogP contribution >= 0.6 is 0 Å². The van der Waals surface area contributed by atoms with Crippen molar-refractivity contribution in [3.05, 3.63) is 54.1 Å². The number of carbonyl (C=O) groups excluding carboxylic acids is 2. The number of hydrogen-bond donors (Lipinski definition) is 3. The molecular weight excluding hydrogens is 366 g/mol. The first-order valence-electron chi connectivity index (χ1n) is 10.3. The van der Waals surface area contributed by atoms with Crippen LogP contribution in [-0.2, 0) is 4.79 Å². The lowest BCUT2D eigenvalue weighted by Crippen LogP contribution is -2.23. The fourth-order valence-electron chi connectivity index (χ4n) is 2.77. The van der Waals surface area contributed by atoms with Gasteiger partial charge in [0.2, 0.25) is 5.91 Å². The van der Waals surface area contributed by atoms with Crippen molar-refractivity contribution in [3.63, 3.8) is 0 Å². The molecule has 0 heterocycles. The summed E-state index contributed by atoms with van der Waals surface area (Å²) >= 11 is 0. The van der Waals surface area contributed by atoms with Crippen molar-refractivity contribution in [1.82, 2.24) is 5.32 Å². The molecule has 2 amide bonds. The number of carbonyl (C=O) groups is 2. The van der Waals surface area contributed by atoms with Crippen molar-refractivity contribution in [3.8, 4) is 5.75 Å².